The molecule has 12 nitrogen and oxygen atoms in total. The van der Waals surface area contributed by atoms with Gasteiger partial charge in [0.25, 0.3) is 5.56 Å². The average molecular weight is 587 g/mol. The maximum Gasteiger partial charge on any atom is 0.332 e. The molecule has 0 spiro atoms. The van der Waals surface area contributed by atoms with E-state index in [1.807, 2.05) is 0 Å². The van der Waals surface area contributed by atoms with E-state index in [2.05, 4.69) is 10.2 Å². The largest absolute Gasteiger partial charge is 0.496 e. The molecule has 0 bridgehead atoms. The fourth-order valence-electron chi connectivity index (χ4n) is 5.19. The third-order valence-corrected chi connectivity index (χ3v) is 8.54. The molecule has 1 amide bonds. The summed E-state index contributed by atoms with van der Waals surface area (Å²) in [7, 11) is 4.65. The number of rotatable bonds is 10. The molecule has 0 N–H and O–H groups in total. The van der Waals surface area contributed by atoms with Crippen molar-refractivity contribution in [2.75, 3.05) is 41.0 Å². The topological polar surface area (TPSA) is 123 Å². The molecule has 0 saturated carbocycles. The van der Waals surface area contributed by atoms with Crippen LogP contribution in [-0.4, -0.2) is 76.0 Å². The Labute approximate surface area is 238 Å². The Bertz CT molecular complexity index is 1680. The van der Waals surface area contributed by atoms with Gasteiger partial charge in [-0.3, -0.25) is 14.2 Å². The van der Waals surface area contributed by atoms with Crippen LogP contribution in [-0.2, 0) is 20.8 Å². The van der Waals surface area contributed by atoms with E-state index in [1.165, 1.54) is 70.4 Å². The Hall–Kier alpha value is -3.88. The van der Waals surface area contributed by atoms with Crippen LogP contribution in [0.1, 0.15) is 36.1 Å². The number of aromatic nitrogens is 5. The number of piperidine rings is 1. The standard InChI is InChI=1S/C27H31FN6O6S/c1-16-22-24(36)33(19-6-5-11-31(2)23(19)35)27(37)32(26(22)41-25(16)34-29-9-10-30-34)15-21(40-13-12-38-3)18-14-17(28)7-8-20(18)39-4/h7-10,14,19,21H,5-6,11-13,15H2,1-4H3/t19-,21-/m0/s1. The predicted octanol–water partition coefficient (Wildman–Crippen LogP) is 2.46. The lowest BCUT2D eigenvalue weighted by Gasteiger charge is -2.30. The number of halogens is 1. The number of likely N-dealkylation sites (N-methyl/N-ethyl adjacent to an activating group) is 1. The second-order valence-corrected chi connectivity index (χ2v) is 10.7. The lowest BCUT2D eigenvalue weighted by molar-refractivity contribution is -0.136. The van der Waals surface area contributed by atoms with Crippen molar-refractivity contribution < 1.29 is 23.4 Å². The molecule has 4 heterocycles. The zero-order valence-electron chi connectivity index (χ0n) is 23.2. The highest BCUT2D eigenvalue weighted by atomic mass is 32.1. The maximum atomic E-state index is 14.4. The molecule has 1 fully saturated rings. The molecule has 1 saturated heterocycles. The SMILES string of the molecule is COCCO[C@@H](Cn1c(=O)n([C@H]2CCCN(C)C2=O)c(=O)c2c(C)c(-n3nccn3)sc21)c1cc(F)ccc1OC. The zero-order chi connectivity index (χ0) is 29.3. The first-order valence-electron chi connectivity index (χ1n) is 13.1. The number of carbonyl (C=O) groups excluding carboxylic acids is 1. The summed E-state index contributed by atoms with van der Waals surface area (Å²) in [6.07, 6.45) is 3.17. The number of fused-ring (bicyclic) bond motifs is 1. The number of nitrogens with zero attached hydrogens (tertiary/aromatic N) is 6. The maximum absolute atomic E-state index is 14.4. The van der Waals surface area contributed by atoms with E-state index in [1.54, 1.807) is 14.0 Å². The van der Waals surface area contributed by atoms with Crippen LogP contribution in [0.5, 0.6) is 5.75 Å². The smallest absolute Gasteiger partial charge is 0.332 e. The molecule has 3 aromatic heterocycles. The molecular formula is C27H31FN6O6S. The van der Waals surface area contributed by atoms with Crippen molar-refractivity contribution >= 4 is 27.5 Å². The third-order valence-electron chi connectivity index (χ3n) is 7.26. The van der Waals surface area contributed by atoms with E-state index >= 15 is 0 Å². The molecule has 5 rings (SSSR count). The number of likely N-dealkylation sites (tertiary alicyclic amines) is 1. The molecule has 218 valence electrons. The van der Waals surface area contributed by atoms with Crippen molar-refractivity contribution in [2.24, 2.45) is 0 Å². The molecule has 4 aromatic rings. The number of carbonyl (C=O) groups is 1. The van der Waals surface area contributed by atoms with Crippen molar-refractivity contribution in [1.29, 1.82) is 0 Å². The number of hydrogen-bond donors (Lipinski definition) is 0. The lowest BCUT2D eigenvalue weighted by atomic mass is 10.0. The molecule has 14 heteroatoms. The van der Waals surface area contributed by atoms with Crippen LogP contribution in [0, 0.1) is 12.7 Å². The van der Waals surface area contributed by atoms with E-state index in [-0.39, 0.29) is 31.1 Å². The molecular weight excluding hydrogens is 555 g/mol. The number of thiophene rings is 1. The number of ether oxygens (including phenoxy) is 3. The Balaban J connectivity index is 1.75. The van der Waals surface area contributed by atoms with Crippen LogP contribution in [0.15, 0.2) is 40.2 Å². The fourth-order valence-corrected chi connectivity index (χ4v) is 6.41. The normalized spacial score (nSPS) is 16.5. The van der Waals surface area contributed by atoms with Gasteiger partial charge < -0.3 is 19.1 Å². The summed E-state index contributed by atoms with van der Waals surface area (Å²) in [5, 5.41) is 9.26. The Morgan fingerprint density at radius 3 is 2.61 bits per heavy atom. The Morgan fingerprint density at radius 1 is 1.15 bits per heavy atom. The zero-order valence-corrected chi connectivity index (χ0v) is 24.0. The first kappa shape index (κ1) is 28.6. The van der Waals surface area contributed by atoms with Crippen molar-refractivity contribution in [2.45, 2.75) is 38.5 Å². The second kappa shape index (κ2) is 11.9. The molecule has 41 heavy (non-hydrogen) atoms. The van der Waals surface area contributed by atoms with Gasteiger partial charge in [0.15, 0.2) is 0 Å². The van der Waals surface area contributed by atoms with E-state index in [9.17, 15) is 18.8 Å². The van der Waals surface area contributed by atoms with Crippen LogP contribution in [0.4, 0.5) is 4.39 Å². The molecule has 1 aromatic carbocycles. The summed E-state index contributed by atoms with van der Waals surface area (Å²) in [5.74, 6) is -0.430. The molecule has 1 aliphatic rings. The van der Waals surface area contributed by atoms with Gasteiger partial charge in [0.1, 0.15) is 33.5 Å². The summed E-state index contributed by atoms with van der Waals surface area (Å²) in [5.41, 5.74) is -0.252. The van der Waals surface area contributed by atoms with Crippen molar-refractivity contribution in [3.05, 3.63) is 68.4 Å². The molecule has 0 radical (unpaired) electrons. The van der Waals surface area contributed by atoms with E-state index in [0.717, 1.165) is 4.57 Å². The number of benzene rings is 1. The minimum Gasteiger partial charge on any atom is -0.496 e. The predicted molar refractivity (Wildman–Crippen MR) is 149 cm³/mol. The Kier molecular flexibility index (Phi) is 8.33. The van der Waals surface area contributed by atoms with Crippen molar-refractivity contribution in [3.63, 3.8) is 0 Å². The summed E-state index contributed by atoms with van der Waals surface area (Å²) >= 11 is 1.18. The average Bonchev–Trinajstić information content (AvgIpc) is 3.60. The molecule has 0 unspecified atom stereocenters. The van der Waals surface area contributed by atoms with Gasteiger partial charge in [-0.2, -0.15) is 10.2 Å². The minimum absolute atomic E-state index is 0.0954. The Morgan fingerprint density at radius 2 is 1.90 bits per heavy atom. The van der Waals surface area contributed by atoms with Crippen LogP contribution in [0.2, 0.25) is 0 Å². The van der Waals surface area contributed by atoms with Gasteiger partial charge in [0.05, 0.1) is 44.6 Å². The lowest BCUT2D eigenvalue weighted by Crippen LogP contribution is -2.49. The van der Waals surface area contributed by atoms with Crippen LogP contribution >= 0.6 is 11.3 Å². The van der Waals surface area contributed by atoms with E-state index in [0.29, 0.717) is 46.1 Å². The van der Waals surface area contributed by atoms with Crippen molar-refractivity contribution in [3.8, 4) is 10.8 Å². The monoisotopic (exact) mass is 586 g/mol. The quantitative estimate of drug-likeness (QED) is 0.260. The third kappa shape index (κ3) is 5.29. The summed E-state index contributed by atoms with van der Waals surface area (Å²) in [4.78, 5) is 44.7. The van der Waals surface area contributed by atoms with Crippen LogP contribution in [0.25, 0.3) is 15.2 Å². The van der Waals surface area contributed by atoms with E-state index in [4.69, 9.17) is 14.2 Å². The highest BCUT2D eigenvalue weighted by Gasteiger charge is 2.33. The molecule has 2 atom stereocenters. The van der Waals surface area contributed by atoms with Gasteiger partial charge >= 0.3 is 5.69 Å². The summed E-state index contributed by atoms with van der Waals surface area (Å²) in [6, 6.07) is 3.11. The first-order chi connectivity index (χ1) is 19.8. The molecule has 1 aliphatic heterocycles. The van der Waals surface area contributed by atoms with Gasteiger partial charge in [0, 0.05) is 31.8 Å². The number of amides is 1. The summed E-state index contributed by atoms with van der Waals surface area (Å²) < 4.78 is 33.7. The highest BCUT2D eigenvalue weighted by molar-refractivity contribution is 7.21. The van der Waals surface area contributed by atoms with Crippen LogP contribution < -0.4 is 16.0 Å². The highest BCUT2D eigenvalue weighted by Crippen LogP contribution is 2.34. The van der Waals surface area contributed by atoms with Gasteiger partial charge in [-0.05, 0) is 38.0 Å². The first-order valence-corrected chi connectivity index (χ1v) is 13.9. The summed E-state index contributed by atoms with van der Waals surface area (Å²) in [6.45, 7) is 2.61. The van der Waals surface area contributed by atoms with Crippen LogP contribution in [0.3, 0.4) is 0 Å². The fraction of sp³-hybridized carbons (Fsp3) is 0.444. The van der Waals surface area contributed by atoms with Gasteiger partial charge in [-0.15, -0.1) is 4.80 Å². The number of methoxy groups -OCH3 is 2. The minimum atomic E-state index is -0.952. The number of hydrogen-bond acceptors (Lipinski definition) is 9. The van der Waals surface area contributed by atoms with Gasteiger partial charge in [0.2, 0.25) is 5.91 Å². The second-order valence-electron chi connectivity index (χ2n) is 9.76. The van der Waals surface area contributed by atoms with Gasteiger partial charge in [-0.25, -0.2) is 13.8 Å². The van der Waals surface area contributed by atoms with E-state index < -0.39 is 29.2 Å². The van der Waals surface area contributed by atoms with Gasteiger partial charge in [-0.1, -0.05) is 11.3 Å². The number of aryl methyl sites for hydroxylation is 1. The van der Waals surface area contributed by atoms with Crippen molar-refractivity contribution in [1.82, 2.24) is 29.0 Å². The molecule has 0 aliphatic carbocycles.